The van der Waals surface area contributed by atoms with E-state index in [0.29, 0.717) is 12.8 Å². The largest absolute Gasteiger partial charge is 0.285 e. The van der Waals surface area contributed by atoms with Crippen LogP contribution in [0.2, 0.25) is 0 Å². The monoisotopic (exact) mass is 162 g/mol. The average Bonchev–Trinajstić information content (AvgIpc) is 1.80. The Kier molecular flexibility index (Phi) is 3.40. The summed E-state index contributed by atoms with van der Waals surface area (Å²) in [6.45, 7) is 1.80. The molecule has 1 N–H and O–H groups in total. The van der Waals surface area contributed by atoms with Crippen LogP contribution >= 0.6 is 0 Å². The molecule has 0 aromatic rings. The summed E-state index contributed by atoms with van der Waals surface area (Å²) in [7, 11) is -4.01. The molecule has 4 heteroatoms. The van der Waals surface area contributed by atoms with Gasteiger partial charge in [0.1, 0.15) is 5.25 Å². The van der Waals surface area contributed by atoms with Gasteiger partial charge in [0.15, 0.2) is 0 Å². The average molecular weight is 162 g/mol. The highest BCUT2D eigenvalue weighted by atomic mass is 32.2. The number of terminal acetylenes is 1. The van der Waals surface area contributed by atoms with E-state index < -0.39 is 15.4 Å². The van der Waals surface area contributed by atoms with Crippen LogP contribution in [0.1, 0.15) is 19.8 Å². The molecule has 3 nitrogen and oxygen atoms in total. The smallest absolute Gasteiger partial charge is 0.279 e. The van der Waals surface area contributed by atoms with Gasteiger partial charge in [-0.15, -0.1) is 6.42 Å². The molecule has 0 radical (unpaired) electrons. The summed E-state index contributed by atoms with van der Waals surface area (Å²) in [6, 6.07) is 0. The van der Waals surface area contributed by atoms with Crippen molar-refractivity contribution < 1.29 is 13.0 Å². The first kappa shape index (κ1) is 9.47. The van der Waals surface area contributed by atoms with Crippen molar-refractivity contribution in [1.29, 1.82) is 0 Å². The fourth-order valence-corrected chi connectivity index (χ4v) is 1.29. The van der Waals surface area contributed by atoms with Gasteiger partial charge in [-0.1, -0.05) is 19.3 Å². The van der Waals surface area contributed by atoms with Crippen LogP contribution in [0.3, 0.4) is 0 Å². The van der Waals surface area contributed by atoms with E-state index in [-0.39, 0.29) is 0 Å². The summed E-state index contributed by atoms with van der Waals surface area (Å²) >= 11 is 0. The Balaban J connectivity index is 4.27. The van der Waals surface area contributed by atoms with Crippen molar-refractivity contribution in [2.24, 2.45) is 0 Å². The molecular weight excluding hydrogens is 152 g/mol. The van der Waals surface area contributed by atoms with Crippen molar-refractivity contribution in [1.82, 2.24) is 0 Å². The standard InChI is InChI=1S/C6H10O3S/c1-3-5-6(4-2)10(7,8)9/h2,6H,3,5H2,1H3,(H,7,8,9). The molecule has 10 heavy (non-hydrogen) atoms. The molecule has 0 aromatic carbocycles. The molecule has 1 unspecified atom stereocenters. The van der Waals surface area contributed by atoms with Crippen LogP contribution in [-0.4, -0.2) is 18.2 Å². The summed E-state index contributed by atoms with van der Waals surface area (Å²) in [5.74, 6) is 2.00. The Morgan fingerprint density at radius 3 is 2.30 bits per heavy atom. The lowest BCUT2D eigenvalue weighted by Crippen LogP contribution is -2.17. The molecule has 58 valence electrons. The molecule has 0 aliphatic rings. The molecule has 0 aliphatic carbocycles. The second-order valence-electron chi connectivity index (χ2n) is 1.96. The zero-order valence-corrected chi connectivity index (χ0v) is 6.56. The van der Waals surface area contributed by atoms with Gasteiger partial charge >= 0.3 is 0 Å². The second kappa shape index (κ2) is 3.59. The molecule has 0 amide bonds. The van der Waals surface area contributed by atoms with E-state index >= 15 is 0 Å². The third-order valence-corrected chi connectivity index (χ3v) is 2.19. The predicted octanol–water partition coefficient (Wildman–Crippen LogP) is 0.676. The first-order chi connectivity index (χ1) is 4.52. The third-order valence-electron chi connectivity index (χ3n) is 1.10. The first-order valence-corrected chi connectivity index (χ1v) is 4.45. The lowest BCUT2D eigenvalue weighted by Gasteiger charge is -2.02. The highest BCUT2D eigenvalue weighted by Gasteiger charge is 2.18. The zero-order valence-electron chi connectivity index (χ0n) is 5.74. The van der Waals surface area contributed by atoms with Crippen molar-refractivity contribution in [3.63, 3.8) is 0 Å². The van der Waals surface area contributed by atoms with Crippen LogP contribution in [0, 0.1) is 12.3 Å². The fraction of sp³-hybridized carbons (Fsp3) is 0.667. The summed E-state index contributed by atoms with van der Waals surface area (Å²) in [5.41, 5.74) is 0. The Labute approximate surface area is 61.2 Å². The molecule has 0 bridgehead atoms. The van der Waals surface area contributed by atoms with Gasteiger partial charge in [0.2, 0.25) is 0 Å². The number of hydrogen-bond acceptors (Lipinski definition) is 2. The van der Waals surface area contributed by atoms with Crippen molar-refractivity contribution in [3.8, 4) is 12.3 Å². The van der Waals surface area contributed by atoms with E-state index in [4.69, 9.17) is 11.0 Å². The number of rotatable bonds is 3. The summed E-state index contributed by atoms with van der Waals surface area (Å²) in [4.78, 5) is 0. The Hall–Kier alpha value is -0.530. The maximum Gasteiger partial charge on any atom is 0.279 e. The van der Waals surface area contributed by atoms with Crippen molar-refractivity contribution in [2.75, 3.05) is 0 Å². The Morgan fingerprint density at radius 1 is 1.70 bits per heavy atom. The van der Waals surface area contributed by atoms with Gasteiger partial charge in [-0.25, -0.2) is 0 Å². The fourth-order valence-electron chi connectivity index (χ4n) is 0.580. The first-order valence-electron chi connectivity index (χ1n) is 2.94. The van der Waals surface area contributed by atoms with Gasteiger partial charge in [0.05, 0.1) is 0 Å². The molecule has 0 fully saturated rings. The normalized spacial score (nSPS) is 14.1. The summed E-state index contributed by atoms with van der Waals surface area (Å²) in [5, 5.41) is -1.03. The Bertz CT molecular complexity index is 222. The zero-order chi connectivity index (χ0) is 8.20. The van der Waals surface area contributed by atoms with Crippen LogP contribution in [-0.2, 0) is 10.1 Å². The molecule has 0 rings (SSSR count). The van der Waals surface area contributed by atoms with E-state index in [2.05, 4.69) is 0 Å². The summed E-state index contributed by atoms with van der Waals surface area (Å²) < 4.78 is 29.2. The van der Waals surface area contributed by atoms with Crippen molar-refractivity contribution in [3.05, 3.63) is 0 Å². The SMILES string of the molecule is C#CC(CCC)S(=O)(=O)O. The second-order valence-corrected chi connectivity index (χ2v) is 3.56. The number of hydrogen-bond donors (Lipinski definition) is 1. The third kappa shape index (κ3) is 2.85. The van der Waals surface area contributed by atoms with Crippen molar-refractivity contribution >= 4 is 10.1 Å². The minimum Gasteiger partial charge on any atom is -0.285 e. The minimum atomic E-state index is -4.01. The van der Waals surface area contributed by atoms with Gasteiger partial charge in [-0.3, -0.25) is 4.55 Å². The molecule has 1 atom stereocenters. The topological polar surface area (TPSA) is 54.4 Å². The molecule has 0 spiro atoms. The molecule has 0 aliphatic heterocycles. The molecule has 0 saturated carbocycles. The highest BCUT2D eigenvalue weighted by Crippen LogP contribution is 2.04. The van der Waals surface area contributed by atoms with Crippen LogP contribution < -0.4 is 0 Å². The van der Waals surface area contributed by atoms with Crippen LogP contribution in [0.15, 0.2) is 0 Å². The summed E-state index contributed by atoms with van der Waals surface area (Å²) in [6.07, 6.45) is 5.82. The molecule has 0 aromatic heterocycles. The van der Waals surface area contributed by atoms with Gasteiger partial charge in [0.25, 0.3) is 10.1 Å². The highest BCUT2D eigenvalue weighted by molar-refractivity contribution is 7.86. The minimum absolute atomic E-state index is 0.315. The van der Waals surface area contributed by atoms with E-state index in [1.807, 2.05) is 5.92 Å². The quantitative estimate of drug-likeness (QED) is 0.490. The van der Waals surface area contributed by atoms with E-state index in [1.54, 1.807) is 6.92 Å². The van der Waals surface area contributed by atoms with E-state index in [1.165, 1.54) is 0 Å². The lowest BCUT2D eigenvalue weighted by molar-refractivity contribution is 0.472. The van der Waals surface area contributed by atoms with Crippen LogP contribution in [0.4, 0.5) is 0 Å². The van der Waals surface area contributed by atoms with E-state index in [9.17, 15) is 8.42 Å². The maximum atomic E-state index is 10.4. The van der Waals surface area contributed by atoms with Gasteiger partial charge < -0.3 is 0 Å². The van der Waals surface area contributed by atoms with Crippen molar-refractivity contribution in [2.45, 2.75) is 25.0 Å². The van der Waals surface area contributed by atoms with Crippen LogP contribution in [0.25, 0.3) is 0 Å². The van der Waals surface area contributed by atoms with E-state index in [0.717, 1.165) is 0 Å². The molecule has 0 saturated heterocycles. The van der Waals surface area contributed by atoms with Gasteiger partial charge in [0, 0.05) is 0 Å². The molecule has 0 heterocycles. The predicted molar refractivity (Wildman–Crippen MR) is 39.1 cm³/mol. The lowest BCUT2D eigenvalue weighted by atomic mass is 10.2. The Morgan fingerprint density at radius 2 is 2.20 bits per heavy atom. The van der Waals surface area contributed by atoms with Crippen LogP contribution in [0.5, 0.6) is 0 Å². The maximum absolute atomic E-state index is 10.4. The molecular formula is C6H10O3S. The van der Waals surface area contributed by atoms with Gasteiger partial charge in [-0.05, 0) is 6.42 Å². The van der Waals surface area contributed by atoms with Gasteiger partial charge in [-0.2, -0.15) is 8.42 Å².